The maximum Gasteiger partial charge on any atom is 0.159 e. The van der Waals surface area contributed by atoms with Gasteiger partial charge >= 0.3 is 0 Å². The van der Waals surface area contributed by atoms with Crippen LogP contribution in [-0.2, 0) is 4.74 Å². The van der Waals surface area contributed by atoms with Gasteiger partial charge in [-0.25, -0.2) is 8.78 Å². The molecule has 2 aromatic rings. The summed E-state index contributed by atoms with van der Waals surface area (Å²) in [5.41, 5.74) is 4.50. The SMILES string of the molecule is COC=C1CCC([C@H]2CC[C@H](c3ccc(-c4ccc(F)c(F)c4)cc3)CC2)CC1. The van der Waals surface area contributed by atoms with Crippen molar-refractivity contribution in [2.24, 2.45) is 11.8 Å². The smallest absolute Gasteiger partial charge is 0.159 e. The summed E-state index contributed by atoms with van der Waals surface area (Å²) in [6, 6.07) is 12.5. The zero-order chi connectivity index (χ0) is 20.2. The topological polar surface area (TPSA) is 9.23 Å². The highest BCUT2D eigenvalue weighted by atomic mass is 19.2. The second kappa shape index (κ2) is 9.11. The molecule has 0 heterocycles. The quantitative estimate of drug-likeness (QED) is 0.483. The third-order valence-electron chi connectivity index (χ3n) is 7.03. The van der Waals surface area contributed by atoms with Crippen LogP contribution in [0.4, 0.5) is 8.78 Å². The van der Waals surface area contributed by atoms with Crippen molar-refractivity contribution in [2.75, 3.05) is 7.11 Å². The van der Waals surface area contributed by atoms with Crippen LogP contribution >= 0.6 is 0 Å². The fraction of sp³-hybridized carbons (Fsp3) is 0.462. The monoisotopic (exact) mass is 396 g/mol. The lowest BCUT2D eigenvalue weighted by Gasteiger charge is -2.36. The summed E-state index contributed by atoms with van der Waals surface area (Å²) in [6.07, 6.45) is 12.1. The van der Waals surface area contributed by atoms with Crippen molar-refractivity contribution in [1.29, 1.82) is 0 Å². The van der Waals surface area contributed by atoms with Gasteiger partial charge in [-0.15, -0.1) is 0 Å². The lowest BCUT2D eigenvalue weighted by molar-refractivity contribution is 0.197. The number of hydrogen-bond donors (Lipinski definition) is 0. The van der Waals surface area contributed by atoms with Crippen molar-refractivity contribution in [3.63, 3.8) is 0 Å². The van der Waals surface area contributed by atoms with Crippen molar-refractivity contribution in [3.05, 3.63) is 71.5 Å². The van der Waals surface area contributed by atoms with Gasteiger partial charge in [-0.1, -0.05) is 30.3 Å². The lowest BCUT2D eigenvalue weighted by Crippen LogP contribution is -2.23. The molecule has 2 aliphatic rings. The highest BCUT2D eigenvalue weighted by Gasteiger charge is 2.30. The van der Waals surface area contributed by atoms with Crippen LogP contribution in [0.3, 0.4) is 0 Å². The van der Waals surface area contributed by atoms with Crippen LogP contribution in [0.25, 0.3) is 11.1 Å². The molecule has 1 nitrogen and oxygen atoms in total. The van der Waals surface area contributed by atoms with E-state index in [2.05, 4.69) is 12.1 Å². The van der Waals surface area contributed by atoms with Crippen LogP contribution in [-0.4, -0.2) is 7.11 Å². The van der Waals surface area contributed by atoms with E-state index in [4.69, 9.17) is 4.74 Å². The van der Waals surface area contributed by atoms with Crippen molar-refractivity contribution < 1.29 is 13.5 Å². The van der Waals surface area contributed by atoms with E-state index in [-0.39, 0.29) is 0 Å². The van der Waals surface area contributed by atoms with Gasteiger partial charge in [0.15, 0.2) is 11.6 Å². The molecule has 4 rings (SSSR count). The lowest BCUT2D eigenvalue weighted by atomic mass is 9.69. The molecule has 2 saturated carbocycles. The Hall–Kier alpha value is -2.16. The average molecular weight is 397 g/mol. The van der Waals surface area contributed by atoms with Crippen LogP contribution < -0.4 is 0 Å². The number of ether oxygens (including phenoxy) is 1. The summed E-state index contributed by atoms with van der Waals surface area (Å²) < 4.78 is 31.8. The van der Waals surface area contributed by atoms with Crippen molar-refractivity contribution in [3.8, 4) is 11.1 Å². The molecule has 0 radical (unpaired) electrons. The van der Waals surface area contributed by atoms with Gasteiger partial charge < -0.3 is 4.74 Å². The van der Waals surface area contributed by atoms with Gasteiger partial charge in [-0.05, 0) is 104 Å². The third kappa shape index (κ3) is 4.71. The van der Waals surface area contributed by atoms with Gasteiger partial charge in [-0.3, -0.25) is 0 Å². The van der Waals surface area contributed by atoms with E-state index in [1.54, 1.807) is 13.2 Å². The minimum atomic E-state index is -0.800. The summed E-state index contributed by atoms with van der Waals surface area (Å²) >= 11 is 0. The second-order valence-corrected chi connectivity index (χ2v) is 8.71. The van der Waals surface area contributed by atoms with E-state index in [0.29, 0.717) is 5.92 Å². The maximum absolute atomic E-state index is 13.5. The first-order chi connectivity index (χ1) is 14.1. The van der Waals surface area contributed by atoms with Crippen LogP contribution in [0.1, 0.15) is 62.8 Å². The molecular weight excluding hydrogens is 366 g/mol. The zero-order valence-electron chi connectivity index (χ0n) is 17.2. The molecule has 0 saturated heterocycles. The fourth-order valence-corrected chi connectivity index (χ4v) is 5.31. The Morgan fingerprint density at radius 2 is 1.38 bits per heavy atom. The molecule has 0 bridgehead atoms. The number of methoxy groups -OCH3 is 1. The molecule has 2 aliphatic carbocycles. The average Bonchev–Trinajstić information content (AvgIpc) is 2.77. The standard InChI is InChI=1S/C26H30F2O/c1-29-17-18-2-4-19(5-3-18)20-6-8-21(9-7-20)22-10-12-23(13-11-22)24-14-15-25(27)26(28)16-24/h10-17,19-21H,2-9H2,1H3/t19?,20-,21-. The number of halogens is 2. The minimum Gasteiger partial charge on any atom is -0.504 e. The minimum absolute atomic E-state index is 0.623. The van der Waals surface area contributed by atoms with Crippen LogP contribution in [0.2, 0.25) is 0 Å². The van der Waals surface area contributed by atoms with E-state index in [9.17, 15) is 8.78 Å². The Morgan fingerprint density at radius 1 is 0.759 bits per heavy atom. The number of benzene rings is 2. The molecule has 0 aliphatic heterocycles. The molecule has 3 heteroatoms. The Bertz CT molecular complexity index is 838. The molecule has 0 N–H and O–H groups in total. The molecule has 0 aromatic heterocycles. The van der Waals surface area contributed by atoms with Crippen LogP contribution in [0, 0.1) is 23.5 Å². The Kier molecular flexibility index (Phi) is 6.32. The molecule has 2 fully saturated rings. The Balaban J connectivity index is 1.33. The normalized spacial score (nSPS) is 24.9. The molecule has 0 unspecified atom stereocenters. The first-order valence-corrected chi connectivity index (χ1v) is 10.9. The van der Waals surface area contributed by atoms with E-state index in [1.165, 1.54) is 74.6 Å². The summed E-state index contributed by atoms with van der Waals surface area (Å²) in [5, 5.41) is 0. The predicted molar refractivity (Wildman–Crippen MR) is 114 cm³/mol. The van der Waals surface area contributed by atoms with E-state index < -0.39 is 11.6 Å². The zero-order valence-corrected chi connectivity index (χ0v) is 17.2. The summed E-state index contributed by atoms with van der Waals surface area (Å²) in [6.45, 7) is 0. The van der Waals surface area contributed by atoms with Gasteiger partial charge in [0, 0.05) is 0 Å². The summed E-state index contributed by atoms with van der Waals surface area (Å²) in [7, 11) is 1.74. The first-order valence-electron chi connectivity index (χ1n) is 10.9. The highest BCUT2D eigenvalue weighted by Crippen LogP contribution is 2.44. The third-order valence-corrected chi connectivity index (χ3v) is 7.03. The highest BCUT2D eigenvalue weighted by molar-refractivity contribution is 5.63. The first kappa shape index (κ1) is 20.1. The van der Waals surface area contributed by atoms with Crippen molar-refractivity contribution >= 4 is 0 Å². The summed E-state index contributed by atoms with van der Waals surface area (Å²) in [4.78, 5) is 0. The molecule has 2 aromatic carbocycles. The molecule has 0 spiro atoms. The molecule has 29 heavy (non-hydrogen) atoms. The van der Waals surface area contributed by atoms with Crippen LogP contribution in [0.15, 0.2) is 54.3 Å². The maximum atomic E-state index is 13.5. The fourth-order valence-electron chi connectivity index (χ4n) is 5.31. The van der Waals surface area contributed by atoms with E-state index in [0.717, 1.165) is 23.0 Å². The van der Waals surface area contributed by atoms with Gasteiger partial charge in [0.05, 0.1) is 13.4 Å². The van der Waals surface area contributed by atoms with Crippen molar-refractivity contribution in [1.82, 2.24) is 0 Å². The summed E-state index contributed by atoms with van der Waals surface area (Å²) in [5.74, 6) is 0.777. The van der Waals surface area contributed by atoms with Gasteiger partial charge in [0.25, 0.3) is 0 Å². The molecular formula is C26H30F2O. The molecule has 154 valence electrons. The predicted octanol–water partition coefficient (Wildman–Crippen LogP) is 7.63. The van der Waals surface area contributed by atoms with Crippen molar-refractivity contribution in [2.45, 2.75) is 57.3 Å². The number of rotatable bonds is 4. The molecule has 0 atom stereocenters. The second-order valence-electron chi connectivity index (χ2n) is 8.71. The molecule has 0 amide bonds. The number of allylic oxidation sites excluding steroid dienone is 1. The van der Waals surface area contributed by atoms with Gasteiger partial charge in [0.1, 0.15) is 0 Å². The Labute approximate surface area is 172 Å². The van der Waals surface area contributed by atoms with Gasteiger partial charge in [0.2, 0.25) is 0 Å². The van der Waals surface area contributed by atoms with E-state index in [1.807, 2.05) is 18.4 Å². The Morgan fingerprint density at radius 3 is 2.00 bits per heavy atom. The van der Waals surface area contributed by atoms with E-state index >= 15 is 0 Å². The van der Waals surface area contributed by atoms with Crippen LogP contribution in [0.5, 0.6) is 0 Å². The number of hydrogen-bond acceptors (Lipinski definition) is 1. The largest absolute Gasteiger partial charge is 0.504 e. The van der Waals surface area contributed by atoms with Gasteiger partial charge in [-0.2, -0.15) is 0 Å².